The van der Waals surface area contributed by atoms with Crippen LogP contribution in [0.25, 0.3) is 0 Å². The Balaban J connectivity index is 2.29. The fourth-order valence-corrected chi connectivity index (χ4v) is 2.10. The molecule has 0 amide bonds. The standard InChI is InChI=1S/C11H8F3N3O2S/c12-11(13,14)8-5-7(17(18)19)1-2-9(8)16-6-10-15-3-4-20-10/h1-5,16H,6H2. The number of hydrogen-bond donors (Lipinski definition) is 1. The number of nitro benzene ring substituents is 1. The van der Waals surface area contributed by atoms with E-state index in [1.165, 1.54) is 11.3 Å². The van der Waals surface area contributed by atoms with Gasteiger partial charge in [0.2, 0.25) is 0 Å². The molecule has 1 aromatic carbocycles. The summed E-state index contributed by atoms with van der Waals surface area (Å²) in [7, 11) is 0. The molecule has 1 heterocycles. The molecule has 0 bridgehead atoms. The molecule has 2 aromatic rings. The van der Waals surface area contributed by atoms with Crippen LogP contribution in [0.2, 0.25) is 0 Å². The van der Waals surface area contributed by atoms with Crippen LogP contribution in [0.4, 0.5) is 24.5 Å². The minimum Gasteiger partial charge on any atom is -0.378 e. The first kappa shape index (κ1) is 14.3. The Kier molecular flexibility index (Phi) is 3.89. The molecule has 1 N–H and O–H groups in total. The largest absolute Gasteiger partial charge is 0.418 e. The number of benzene rings is 1. The minimum atomic E-state index is -4.67. The van der Waals surface area contributed by atoms with E-state index >= 15 is 0 Å². The molecule has 5 nitrogen and oxygen atoms in total. The first-order valence-electron chi connectivity index (χ1n) is 5.36. The summed E-state index contributed by atoms with van der Waals surface area (Å²) in [5.74, 6) is 0. The quantitative estimate of drug-likeness (QED) is 0.691. The number of anilines is 1. The molecule has 0 aliphatic heterocycles. The molecule has 0 aliphatic rings. The normalized spacial score (nSPS) is 11.3. The zero-order chi connectivity index (χ0) is 14.8. The third-order valence-corrected chi connectivity index (χ3v) is 3.21. The lowest BCUT2D eigenvalue weighted by Crippen LogP contribution is -2.11. The third-order valence-electron chi connectivity index (χ3n) is 2.43. The molecule has 20 heavy (non-hydrogen) atoms. The van der Waals surface area contributed by atoms with E-state index in [4.69, 9.17) is 0 Å². The lowest BCUT2D eigenvalue weighted by Gasteiger charge is -2.13. The second kappa shape index (κ2) is 5.45. The molecule has 0 spiro atoms. The molecule has 0 aliphatic carbocycles. The number of non-ortho nitro benzene ring substituents is 1. The molecule has 106 valence electrons. The lowest BCUT2D eigenvalue weighted by atomic mass is 10.1. The van der Waals surface area contributed by atoms with Gasteiger partial charge in [0.1, 0.15) is 5.01 Å². The van der Waals surface area contributed by atoms with Crippen LogP contribution in [0, 0.1) is 10.1 Å². The molecule has 2 rings (SSSR count). The van der Waals surface area contributed by atoms with E-state index < -0.39 is 22.4 Å². The van der Waals surface area contributed by atoms with Crippen LogP contribution in [-0.4, -0.2) is 9.91 Å². The van der Waals surface area contributed by atoms with Gasteiger partial charge in [-0.1, -0.05) is 0 Å². The van der Waals surface area contributed by atoms with Crippen molar-refractivity contribution in [3.05, 3.63) is 50.5 Å². The average Bonchev–Trinajstić information content (AvgIpc) is 2.88. The summed E-state index contributed by atoms with van der Waals surface area (Å²) >= 11 is 1.30. The minimum absolute atomic E-state index is 0.124. The van der Waals surface area contributed by atoms with Crippen molar-refractivity contribution in [3.8, 4) is 0 Å². The zero-order valence-electron chi connectivity index (χ0n) is 9.85. The molecular formula is C11H8F3N3O2S. The van der Waals surface area contributed by atoms with Gasteiger partial charge in [0.15, 0.2) is 0 Å². The van der Waals surface area contributed by atoms with Crippen LogP contribution >= 0.6 is 11.3 Å². The first-order valence-corrected chi connectivity index (χ1v) is 6.24. The maximum absolute atomic E-state index is 12.9. The molecule has 0 fully saturated rings. The van der Waals surface area contributed by atoms with Gasteiger partial charge in [0.25, 0.3) is 5.69 Å². The summed E-state index contributed by atoms with van der Waals surface area (Å²) in [6.07, 6.45) is -3.13. The zero-order valence-corrected chi connectivity index (χ0v) is 10.7. The van der Waals surface area contributed by atoms with Crippen molar-refractivity contribution in [3.63, 3.8) is 0 Å². The molecule has 0 saturated heterocycles. The van der Waals surface area contributed by atoms with Crippen LogP contribution < -0.4 is 5.32 Å². The summed E-state index contributed by atoms with van der Waals surface area (Å²) in [5.41, 5.74) is -1.88. The van der Waals surface area contributed by atoms with Crippen molar-refractivity contribution >= 4 is 22.7 Å². The number of alkyl halides is 3. The maximum atomic E-state index is 12.9. The average molecular weight is 303 g/mol. The van der Waals surface area contributed by atoms with E-state index in [0.29, 0.717) is 11.1 Å². The summed E-state index contributed by atoms with van der Waals surface area (Å²) in [6, 6.07) is 2.60. The predicted octanol–water partition coefficient (Wildman–Crippen LogP) is 3.68. The Morgan fingerprint density at radius 3 is 2.70 bits per heavy atom. The van der Waals surface area contributed by atoms with E-state index in [0.717, 1.165) is 12.1 Å². The SMILES string of the molecule is O=[N+]([O-])c1ccc(NCc2nccs2)c(C(F)(F)F)c1. The summed E-state index contributed by atoms with van der Waals surface area (Å²) in [6.45, 7) is 0.124. The number of nitrogens with zero attached hydrogens (tertiary/aromatic N) is 2. The first-order chi connectivity index (χ1) is 9.38. The molecule has 1 aromatic heterocycles. The molecular weight excluding hydrogens is 295 g/mol. The smallest absolute Gasteiger partial charge is 0.378 e. The van der Waals surface area contributed by atoms with Crippen molar-refractivity contribution in [1.29, 1.82) is 0 Å². The Morgan fingerprint density at radius 2 is 2.15 bits per heavy atom. The van der Waals surface area contributed by atoms with Crippen LogP contribution in [0.5, 0.6) is 0 Å². The fourth-order valence-electron chi connectivity index (χ4n) is 1.55. The van der Waals surface area contributed by atoms with Gasteiger partial charge >= 0.3 is 6.18 Å². The second-order valence-corrected chi connectivity index (χ2v) is 4.74. The van der Waals surface area contributed by atoms with E-state index in [1.807, 2.05) is 0 Å². The maximum Gasteiger partial charge on any atom is 0.418 e. The summed E-state index contributed by atoms with van der Waals surface area (Å²) < 4.78 is 38.6. The van der Waals surface area contributed by atoms with Gasteiger partial charge < -0.3 is 5.32 Å². The number of hydrogen-bond acceptors (Lipinski definition) is 5. The molecule has 0 atom stereocenters. The van der Waals surface area contributed by atoms with Crippen molar-refractivity contribution in [2.24, 2.45) is 0 Å². The number of aromatic nitrogens is 1. The van der Waals surface area contributed by atoms with Crippen LogP contribution in [0.1, 0.15) is 10.6 Å². The number of halogens is 3. The van der Waals surface area contributed by atoms with Crippen molar-refractivity contribution in [2.45, 2.75) is 12.7 Å². The number of rotatable bonds is 4. The highest BCUT2D eigenvalue weighted by atomic mass is 32.1. The van der Waals surface area contributed by atoms with Gasteiger partial charge in [-0.15, -0.1) is 11.3 Å². The Hall–Kier alpha value is -2.16. The topological polar surface area (TPSA) is 68.1 Å². The molecule has 0 saturated carbocycles. The Labute approximate surface area is 115 Å². The molecule has 0 unspecified atom stereocenters. The Morgan fingerprint density at radius 1 is 1.40 bits per heavy atom. The monoisotopic (exact) mass is 303 g/mol. The number of thiazole rings is 1. The number of nitro groups is 1. The van der Waals surface area contributed by atoms with Gasteiger partial charge in [-0.2, -0.15) is 13.2 Å². The van der Waals surface area contributed by atoms with Crippen molar-refractivity contribution < 1.29 is 18.1 Å². The molecule has 9 heteroatoms. The molecule has 0 radical (unpaired) electrons. The van der Waals surface area contributed by atoms with Gasteiger partial charge in [0, 0.05) is 29.4 Å². The van der Waals surface area contributed by atoms with E-state index in [1.54, 1.807) is 11.6 Å². The van der Waals surface area contributed by atoms with Crippen molar-refractivity contribution in [1.82, 2.24) is 4.98 Å². The van der Waals surface area contributed by atoms with E-state index in [-0.39, 0.29) is 12.2 Å². The van der Waals surface area contributed by atoms with Gasteiger partial charge in [-0.25, -0.2) is 4.98 Å². The van der Waals surface area contributed by atoms with E-state index in [2.05, 4.69) is 10.3 Å². The highest BCUT2D eigenvalue weighted by molar-refractivity contribution is 7.09. The van der Waals surface area contributed by atoms with Crippen molar-refractivity contribution in [2.75, 3.05) is 5.32 Å². The highest BCUT2D eigenvalue weighted by Gasteiger charge is 2.35. The lowest BCUT2D eigenvalue weighted by molar-refractivity contribution is -0.385. The van der Waals surface area contributed by atoms with Gasteiger partial charge in [0.05, 0.1) is 17.0 Å². The van der Waals surface area contributed by atoms with E-state index in [9.17, 15) is 23.3 Å². The van der Waals surface area contributed by atoms with Crippen LogP contribution in [0.3, 0.4) is 0 Å². The summed E-state index contributed by atoms with van der Waals surface area (Å²) in [5, 5.41) is 15.5. The highest BCUT2D eigenvalue weighted by Crippen LogP contribution is 2.37. The second-order valence-electron chi connectivity index (χ2n) is 3.76. The van der Waals surface area contributed by atoms with Crippen LogP contribution in [0.15, 0.2) is 29.8 Å². The Bertz CT molecular complexity index is 614. The van der Waals surface area contributed by atoms with Crippen LogP contribution in [-0.2, 0) is 12.7 Å². The summed E-state index contributed by atoms with van der Waals surface area (Å²) in [4.78, 5) is 13.6. The third kappa shape index (κ3) is 3.23. The fraction of sp³-hybridized carbons (Fsp3) is 0.182. The predicted molar refractivity (Wildman–Crippen MR) is 67.5 cm³/mol. The number of nitrogens with one attached hydrogen (secondary N) is 1. The van der Waals surface area contributed by atoms with Gasteiger partial charge in [-0.3, -0.25) is 10.1 Å². The van der Waals surface area contributed by atoms with Gasteiger partial charge in [-0.05, 0) is 6.07 Å².